The van der Waals surface area contributed by atoms with Crippen molar-refractivity contribution in [1.82, 2.24) is 4.90 Å². The first-order chi connectivity index (χ1) is 13.2. The molecule has 27 heavy (non-hydrogen) atoms. The molecule has 1 aliphatic heterocycles. The van der Waals surface area contributed by atoms with Crippen LogP contribution in [0, 0.1) is 0 Å². The second kappa shape index (κ2) is 7.62. The molecule has 0 N–H and O–H groups in total. The Bertz CT molecular complexity index is 962. The third-order valence-electron chi connectivity index (χ3n) is 5.03. The van der Waals surface area contributed by atoms with Crippen LogP contribution >= 0.6 is 0 Å². The Morgan fingerprint density at radius 1 is 0.963 bits per heavy atom. The second-order valence-corrected chi connectivity index (χ2v) is 6.82. The van der Waals surface area contributed by atoms with Crippen molar-refractivity contribution < 1.29 is 14.3 Å². The highest BCUT2D eigenvalue weighted by Gasteiger charge is 2.37. The number of carbonyl (C=O) groups excluding carboxylic acids is 2. The summed E-state index contributed by atoms with van der Waals surface area (Å²) in [5.41, 5.74) is 2.21. The molecule has 0 spiro atoms. The van der Waals surface area contributed by atoms with E-state index in [0.717, 1.165) is 21.9 Å². The first-order valence-corrected chi connectivity index (χ1v) is 9.22. The van der Waals surface area contributed by atoms with E-state index in [-0.39, 0.29) is 25.0 Å². The molecule has 1 atom stereocenters. The lowest BCUT2D eigenvalue weighted by Gasteiger charge is -2.20. The Balaban J connectivity index is 1.47. The van der Waals surface area contributed by atoms with Gasteiger partial charge in [0.25, 0.3) is 0 Å². The van der Waals surface area contributed by atoms with Crippen molar-refractivity contribution >= 4 is 22.8 Å². The number of ether oxygens (including phenoxy) is 1. The topological polar surface area (TPSA) is 46.6 Å². The largest absolute Gasteiger partial charge is 0.447 e. The van der Waals surface area contributed by atoms with E-state index in [4.69, 9.17) is 4.74 Å². The van der Waals surface area contributed by atoms with E-state index >= 15 is 0 Å². The second-order valence-electron chi connectivity index (χ2n) is 6.82. The van der Waals surface area contributed by atoms with Crippen molar-refractivity contribution in [3.05, 3.63) is 83.9 Å². The average molecular weight is 359 g/mol. The van der Waals surface area contributed by atoms with Crippen molar-refractivity contribution in [3.63, 3.8) is 0 Å². The molecule has 1 heterocycles. The maximum absolute atomic E-state index is 12.8. The SMILES string of the molecule is O=C(CCc1cccc2ccccc12)N1C(=O)OCC1Cc1ccccc1. The molecule has 1 saturated heterocycles. The van der Waals surface area contributed by atoms with E-state index < -0.39 is 6.09 Å². The lowest BCUT2D eigenvalue weighted by molar-refractivity contribution is -0.129. The van der Waals surface area contributed by atoms with Gasteiger partial charge in [-0.1, -0.05) is 72.8 Å². The summed E-state index contributed by atoms with van der Waals surface area (Å²) in [7, 11) is 0. The van der Waals surface area contributed by atoms with Crippen molar-refractivity contribution in [2.75, 3.05) is 6.61 Å². The molecule has 2 amide bonds. The minimum Gasteiger partial charge on any atom is -0.447 e. The predicted molar refractivity (Wildman–Crippen MR) is 104 cm³/mol. The molecule has 0 aliphatic carbocycles. The van der Waals surface area contributed by atoms with Gasteiger partial charge in [-0.25, -0.2) is 9.69 Å². The Morgan fingerprint density at radius 3 is 2.56 bits per heavy atom. The highest BCUT2D eigenvalue weighted by molar-refractivity contribution is 5.94. The lowest BCUT2D eigenvalue weighted by atomic mass is 10.0. The number of hydrogen-bond acceptors (Lipinski definition) is 3. The standard InChI is InChI=1S/C23H21NO3/c25-22(14-13-19-11-6-10-18-9-4-5-12-21(18)19)24-20(16-27-23(24)26)15-17-7-2-1-3-8-17/h1-12,20H,13-16H2. The van der Waals surface area contributed by atoms with E-state index in [1.807, 2.05) is 54.6 Å². The van der Waals surface area contributed by atoms with Crippen LogP contribution in [-0.2, 0) is 22.4 Å². The van der Waals surface area contributed by atoms with Crippen LogP contribution in [-0.4, -0.2) is 29.5 Å². The first kappa shape index (κ1) is 17.3. The number of nitrogens with zero attached hydrogens (tertiary/aromatic N) is 1. The van der Waals surface area contributed by atoms with Crippen LogP contribution in [0.5, 0.6) is 0 Å². The summed E-state index contributed by atoms with van der Waals surface area (Å²) in [5, 5.41) is 2.31. The summed E-state index contributed by atoms with van der Waals surface area (Å²) >= 11 is 0. The zero-order valence-electron chi connectivity index (χ0n) is 15.0. The number of benzene rings is 3. The normalized spacial score (nSPS) is 16.5. The summed E-state index contributed by atoms with van der Waals surface area (Å²) < 4.78 is 5.16. The predicted octanol–water partition coefficient (Wildman–Crippen LogP) is 4.36. The molecular weight excluding hydrogens is 338 g/mol. The summed E-state index contributed by atoms with van der Waals surface area (Å²) in [5.74, 6) is -0.175. The first-order valence-electron chi connectivity index (χ1n) is 9.22. The average Bonchev–Trinajstić information content (AvgIpc) is 3.07. The monoisotopic (exact) mass is 359 g/mol. The number of fused-ring (bicyclic) bond motifs is 1. The van der Waals surface area contributed by atoms with Crippen LogP contribution in [0.15, 0.2) is 72.8 Å². The van der Waals surface area contributed by atoms with Crippen molar-refractivity contribution in [3.8, 4) is 0 Å². The number of aryl methyl sites for hydroxylation is 1. The minimum absolute atomic E-state index is 0.175. The van der Waals surface area contributed by atoms with Crippen molar-refractivity contribution in [2.45, 2.75) is 25.3 Å². The zero-order chi connectivity index (χ0) is 18.6. The van der Waals surface area contributed by atoms with Crippen LogP contribution in [0.3, 0.4) is 0 Å². The molecule has 0 aromatic heterocycles. The van der Waals surface area contributed by atoms with Gasteiger partial charge in [0.05, 0.1) is 6.04 Å². The number of hydrogen-bond donors (Lipinski definition) is 0. The van der Waals surface area contributed by atoms with E-state index in [1.165, 1.54) is 4.90 Å². The van der Waals surface area contributed by atoms with E-state index in [0.29, 0.717) is 12.8 Å². The van der Waals surface area contributed by atoms with Gasteiger partial charge < -0.3 is 4.74 Å². The molecule has 4 rings (SSSR count). The van der Waals surface area contributed by atoms with E-state index in [9.17, 15) is 9.59 Å². The number of amides is 2. The van der Waals surface area contributed by atoms with Crippen molar-refractivity contribution in [2.24, 2.45) is 0 Å². The molecular formula is C23H21NO3. The molecule has 0 bridgehead atoms. The van der Waals surface area contributed by atoms with Crippen LogP contribution in [0.4, 0.5) is 4.79 Å². The molecule has 4 heteroatoms. The fourth-order valence-corrected chi connectivity index (χ4v) is 3.68. The molecule has 3 aromatic carbocycles. The summed E-state index contributed by atoms with van der Waals surface area (Å²) in [6.45, 7) is 0.258. The third kappa shape index (κ3) is 3.70. The summed E-state index contributed by atoms with van der Waals surface area (Å²) in [6.07, 6.45) is 0.974. The molecule has 3 aromatic rings. The van der Waals surface area contributed by atoms with Crippen LogP contribution < -0.4 is 0 Å². The fraction of sp³-hybridized carbons (Fsp3) is 0.217. The van der Waals surface area contributed by atoms with Gasteiger partial charge in [-0.3, -0.25) is 4.79 Å². The van der Waals surface area contributed by atoms with E-state index in [1.54, 1.807) is 0 Å². The lowest BCUT2D eigenvalue weighted by Crippen LogP contribution is -2.40. The van der Waals surface area contributed by atoms with Gasteiger partial charge in [-0.2, -0.15) is 0 Å². The summed E-state index contributed by atoms with van der Waals surface area (Å²) in [4.78, 5) is 26.2. The third-order valence-corrected chi connectivity index (χ3v) is 5.03. The molecule has 1 aliphatic rings. The van der Waals surface area contributed by atoms with Crippen LogP contribution in [0.1, 0.15) is 17.5 Å². The van der Waals surface area contributed by atoms with E-state index in [2.05, 4.69) is 18.2 Å². The number of carbonyl (C=O) groups is 2. The van der Waals surface area contributed by atoms with Gasteiger partial charge in [0.15, 0.2) is 0 Å². The van der Waals surface area contributed by atoms with Gasteiger partial charge in [0.1, 0.15) is 6.61 Å². The maximum Gasteiger partial charge on any atom is 0.416 e. The smallest absolute Gasteiger partial charge is 0.416 e. The van der Waals surface area contributed by atoms with Gasteiger partial charge >= 0.3 is 6.09 Å². The number of cyclic esters (lactones) is 1. The molecule has 1 unspecified atom stereocenters. The highest BCUT2D eigenvalue weighted by atomic mass is 16.6. The van der Waals surface area contributed by atoms with Crippen LogP contribution in [0.2, 0.25) is 0 Å². The van der Waals surface area contributed by atoms with Gasteiger partial charge in [-0.15, -0.1) is 0 Å². The molecule has 0 radical (unpaired) electrons. The molecule has 1 fully saturated rings. The minimum atomic E-state index is -0.529. The van der Waals surface area contributed by atoms with Gasteiger partial charge in [-0.05, 0) is 34.7 Å². The van der Waals surface area contributed by atoms with Crippen LogP contribution in [0.25, 0.3) is 10.8 Å². The molecule has 136 valence electrons. The molecule has 4 nitrogen and oxygen atoms in total. The Labute approximate surface area is 158 Å². The summed E-state index contributed by atoms with van der Waals surface area (Å²) in [6, 6.07) is 23.9. The van der Waals surface area contributed by atoms with Gasteiger partial charge in [0.2, 0.25) is 5.91 Å². The fourth-order valence-electron chi connectivity index (χ4n) is 3.68. The van der Waals surface area contributed by atoms with Crippen molar-refractivity contribution in [1.29, 1.82) is 0 Å². The Morgan fingerprint density at radius 2 is 1.70 bits per heavy atom. The Hall–Kier alpha value is -3.14. The number of imide groups is 1. The van der Waals surface area contributed by atoms with Gasteiger partial charge in [0, 0.05) is 6.42 Å². The number of rotatable bonds is 5. The molecule has 0 saturated carbocycles. The maximum atomic E-state index is 12.8. The Kier molecular flexibility index (Phi) is 4.88. The zero-order valence-corrected chi connectivity index (χ0v) is 15.0. The quantitative estimate of drug-likeness (QED) is 0.680. The highest BCUT2D eigenvalue weighted by Crippen LogP contribution is 2.22.